The van der Waals surface area contributed by atoms with Gasteiger partial charge in [0.1, 0.15) is 0 Å². The summed E-state index contributed by atoms with van der Waals surface area (Å²) in [6, 6.07) is 4.01. The van der Waals surface area contributed by atoms with Gasteiger partial charge in [0.05, 0.1) is 10.5 Å². The van der Waals surface area contributed by atoms with Gasteiger partial charge in [0.2, 0.25) is 5.82 Å². The lowest BCUT2D eigenvalue weighted by molar-refractivity contribution is -0.387. The third kappa shape index (κ3) is 2.38. The highest BCUT2D eigenvalue weighted by molar-refractivity contribution is 9.09. The minimum atomic E-state index is -0.813. The molecule has 0 bridgehead atoms. The van der Waals surface area contributed by atoms with Crippen LogP contribution in [0, 0.1) is 15.9 Å². The molecule has 0 saturated heterocycles. The summed E-state index contributed by atoms with van der Waals surface area (Å²) in [4.78, 5) is 9.81. The van der Waals surface area contributed by atoms with Crippen molar-refractivity contribution in [1.82, 2.24) is 0 Å². The van der Waals surface area contributed by atoms with Crippen molar-refractivity contribution >= 4 is 27.7 Å². The van der Waals surface area contributed by atoms with Crippen LogP contribution in [0.25, 0.3) is 6.08 Å². The van der Waals surface area contributed by atoms with Crippen molar-refractivity contribution in [2.45, 2.75) is 0 Å². The van der Waals surface area contributed by atoms with Crippen molar-refractivity contribution < 1.29 is 9.31 Å². The van der Waals surface area contributed by atoms with Crippen LogP contribution in [0.4, 0.5) is 10.1 Å². The summed E-state index contributed by atoms with van der Waals surface area (Å²) in [6.45, 7) is 0. The summed E-state index contributed by atoms with van der Waals surface area (Å²) in [5.74, 6) is -0.813. The smallest absolute Gasteiger partial charge is 0.258 e. The molecule has 0 radical (unpaired) electrons. The molecule has 0 fully saturated rings. The number of nitrogens with zero attached hydrogens (tertiary/aromatic N) is 1. The summed E-state index contributed by atoms with van der Waals surface area (Å²) in [5.41, 5.74) is -0.209. The molecule has 0 aromatic heterocycles. The molecular formula is C9H7BrFNO2. The Bertz CT molecular complexity index is 379. The number of nitro benzene ring substituents is 1. The molecule has 0 aliphatic heterocycles. The molecule has 0 unspecified atom stereocenters. The number of para-hydroxylation sites is 1. The van der Waals surface area contributed by atoms with E-state index in [9.17, 15) is 14.5 Å². The zero-order valence-electron chi connectivity index (χ0n) is 7.11. The average molecular weight is 260 g/mol. The minimum absolute atomic E-state index is 0.273. The molecule has 0 heterocycles. The molecule has 0 aliphatic rings. The maximum absolute atomic E-state index is 13.0. The lowest BCUT2D eigenvalue weighted by Crippen LogP contribution is -1.95. The van der Waals surface area contributed by atoms with Gasteiger partial charge in [-0.15, -0.1) is 0 Å². The maximum atomic E-state index is 13.0. The summed E-state index contributed by atoms with van der Waals surface area (Å²) in [6.07, 6.45) is 3.18. The van der Waals surface area contributed by atoms with Crippen LogP contribution in [0.3, 0.4) is 0 Å². The Hall–Kier alpha value is -1.23. The first kappa shape index (κ1) is 10.8. The number of hydrogen-bond acceptors (Lipinski definition) is 2. The van der Waals surface area contributed by atoms with Crippen LogP contribution >= 0.6 is 15.9 Å². The third-order valence-corrected chi connectivity index (χ3v) is 1.96. The maximum Gasteiger partial charge on any atom is 0.311 e. The second-order valence-electron chi connectivity index (χ2n) is 2.49. The van der Waals surface area contributed by atoms with Gasteiger partial charge >= 0.3 is 5.69 Å². The standard InChI is InChI=1S/C9H7BrFNO2/c10-6-2-4-7-3-1-5-8(11)9(7)12(13)14/h1-5H,6H2. The predicted octanol–water partition coefficient (Wildman–Crippen LogP) is 3.14. The minimum Gasteiger partial charge on any atom is -0.258 e. The molecule has 3 nitrogen and oxygen atoms in total. The van der Waals surface area contributed by atoms with Crippen LogP contribution in [0.5, 0.6) is 0 Å². The molecular weight excluding hydrogens is 253 g/mol. The largest absolute Gasteiger partial charge is 0.311 e. The summed E-state index contributed by atoms with van der Waals surface area (Å²) < 4.78 is 13.0. The molecule has 1 rings (SSSR count). The van der Waals surface area contributed by atoms with Crippen LogP contribution in [-0.2, 0) is 0 Å². The van der Waals surface area contributed by atoms with Crippen LogP contribution in [0.15, 0.2) is 24.3 Å². The Morgan fingerprint density at radius 2 is 2.29 bits per heavy atom. The van der Waals surface area contributed by atoms with Gasteiger partial charge in [-0.25, -0.2) is 0 Å². The van der Waals surface area contributed by atoms with Gasteiger partial charge in [0.25, 0.3) is 0 Å². The highest BCUT2D eigenvalue weighted by atomic mass is 79.9. The first-order valence-corrected chi connectivity index (χ1v) is 4.94. The number of allylic oxidation sites excluding steroid dienone is 1. The van der Waals surface area contributed by atoms with Crippen LogP contribution in [-0.4, -0.2) is 10.3 Å². The van der Waals surface area contributed by atoms with Crippen LogP contribution < -0.4 is 0 Å². The quantitative estimate of drug-likeness (QED) is 0.476. The van der Waals surface area contributed by atoms with Gasteiger partial charge in [-0.1, -0.05) is 34.1 Å². The number of nitro groups is 1. The Morgan fingerprint density at radius 3 is 2.86 bits per heavy atom. The number of rotatable bonds is 3. The van der Waals surface area contributed by atoms with E-state index < -0.39 is 16.4 Å². The highest BCUT2D eigenvalue weighted by Gasteiger charge is 2.17. The monoisotopic (exact) mass is 259 g/mol. The Morgan fingerprint density at radius 1 is 1.57 bits per heavy atom. The molecule has 1 aromatic rings. The molecule has 0 N–H and O–H groups in total. The van der Waals surface area contributed by atoms with E-state index >= 15 is 0 Å². The normalized spacial score (nSPS) is 10.7. The molecule has 1 aromatic carbocycles. The van der Waals surface area contributed by atoms with E-state index in [1.807, 2.05) is 0 Å². The van der Waals surface area contributed by atoms with Gasteiger partial charge < -0.3 is 0 Å². The van der Waals surface area contributed by atoms with E-state index in [1.165, 1.54) is 18.2 Å². The number of alkyl halides is 1. The fourth-order valence-electron chi connectivity index (χ4n) is 1.03. The van der Waals surface area contributed by atoms with Gasteiger partial charge in [-0.3, -0.25) is 10.1 Å². The number of benzene rings is 1. The first-order valence-electron chi connectivity index (χ1n) is 3.82. The summed E-state index contributed by atoms with van der Waals surface area (Å²) >= 11 is 3.14. The van der Waals surface area contributed by atoms with Gasteiger partial charge in [0, 0.05) is 5.33 Å². The van der Waals surface area contributed by atoms with E-state index in [1.54, 1.807) is 6.08 Å². The molecule has 0 amide bonds. The van der Waals surface area contributed by atoms with E-state index in [0.29, 0.717) is 5.33 Å². The van der Waals surface area contributed by atoms with Crippen LogP contribution in [0.1, 0.15) is 5.56 Å². The van der Waals surface area contributed by atoms with Gasteiger partial charge in [-0.2, -0.15) is 4.39 Å². The second kappa shape index (κ2) is 4.85. The molecule has 0 atom stereocenters. The fourth-order valence-corrected chi connectivity index (χ4v) is 1.22. The Labute approximate surface area is 88.5 Å². The third-order valence-electron chi connectivity index (χ3n) is 1.59. The van der Waals surface area contributed by atoms with Gasteiger partial charge in [0.15, 0.2) is 0 Å². The lowest BCUT2D eigenvalue weighted by atomic mass is 10.1. The zero-order valence-corrected chi connectivity index (χ0v) is 8.70. The Kier molecular flexibility index (Phi) is 3.76. The molecule has 0 saturated carbocycles. The Balaban J connectivity index is 3.21. The highest BCUT2D eigenvalue weighted by Crippen LogP contribution is 2.23. The predicted molar refractivity (Wildman–Crippen MR) is 55.9 cm³/mol. The van der Waals surface area contributed by atoms with Crippen molar-refractivity contribution in [2.24, 2.45) is 0 Å². The average Bonchev–Trinajstić information content (AvgIpc) is 2.14. The zero-order chi connectivity index (χ0) is 10.6. The lowest BCUT2D eigenvalue weighted by Gasteiger charge is -1.97. The van der Waals surface area contributed by atoms with E-state index in [0.717, 1.165) is 6.07 Å². The molecule has 0 spiro atoms. The SMILES string of the molecule is O=[N+]([O-])c1c(F)cccc1C=CCBr. The molecule has 0 aliphatic carbocycles. The van der Waals surface area contributed by atoms with Crippen molar-refractivity contribution in [3.63, 3.8) is 0 Å². The molecule has 5 heteroatoms. The van der Waals surface area contributed by atoms with Gasteiger partial charge in [-0.05, 0) is 12.1 Å². The van der Waals surface area contributed by atoms with Crippen LogP contribution in [0.2, 0.25) is 0 Å². The summed E-state index contributed by atoms with van der Waals surface area (Å²) in [7, 11) is 0. The topological polar surface area (TPSA) is 43.1 Å². The molecule has 14 heavy (non-hydrogen) atoms. The number of hydrogen-bond donors (Lipinski definition) is 0. The first-order chi connectivity index (χ1) is 6.66. The molecule has 74 valence electrons. The van der Waals surface area contributed by atoms with E-state index in [-0.39, 0.29) is 5.56 Å². The van der Waals surface area contributed by atoms with Crippen molar-refractivity contribution in [2.75, 3.05) is 5.33 Å². The summed E-state index contributed by atoms with van der Waals surface area (Å²) in [5, 5.41) is 11.1. The van der Waals surface area contributed by atoms with E-state index in [2.05, 4.69) is 15.9 Å². The van der Waals surface area contributed by atoms with Crippen molar-refractivity contribution in [3.8, 4) is 0 Å². The van der Waals surface area contributed by atoms with E-state index in [4.69, 9.17) is 0 Å². The number of halogens is 2. The van der Waals surface area contributed by atoms with Crippen molar-refractivity contribution in [1.29, 1.82) is 0 Å². The fraction of sp³-hybridized carbons (Fsp3) is 0.111. The van der Waals surface area contributed by atoms with Crippen molar-refractivity contribution in [3.05, 3.63) is 45.8 Å². The second-order valence-corrected chi connectivity index (χ2v) is 3.14.